The van der Waals surface area contributed by atoms with Gasteiger partial charge in [-0.2, -0.15) is 20.8 Å². The number of nitriles is 2. The summed E-state index contributed by atoms with van der Waals surface area (Å²) in [6.07, 6.45) is 5.86. The molecule has 0 aromatic rings. The first-order valence-corrected chi connectivity index (χ1v) is 16.8. The summed E-state index contributed by atoms with van der Waals surface area (Å²) in [5, 5.41) is 27.6. The molecule has 0 aromatic heterocycles. The van der Waals surface area contributed by atoms with Crippen molar-refractivity contribution in [2.45, 2.75) is 87.9 Å². The summed E-state index contributed by atoms with van der Waals surface area (Å²) in [7, 11) is 0. The lowest BCUT2D eigenvalue weighted by Crippen LogP contribution is -2.35. The van der Waals surface area contributed by atoms with E-state index in [1.165, 1.54) is 23.6 Å². The average Bonchev–Trinajstić information content (AvgIpc) is 3.97. The van der Waals surface area contributed by atoms with Gasteiger partial charge in [-0.3, -0.25) is 38.6 Å². The molecule has 50 heavy (non-hydrogen) atoms. The maximum atomic E-state index is 12.7. The van der Waals surface area contributed by atoms with Crippen molar-refractivity contribution in [2.24, 2.45) is 33.9 Å². The smallest absolute Gasteiger partial charge is 0.305 e. The van der Waals surface area contributed by atoms with Crippen molar-refractivity contribution in [1.82, 2.24) is 9.80 Å². The molecule has 0 aromatic carbocycles. The Kier molecular flexibility index (Phi) is 9.70. The van der Waals surface area contributed by atoms with Gasteiger partial charge < -0.3 is 18.9 Å². The molecule has 16 heteroatoms. The fourth-order valence-electron chi connectivity index (χ4n) is 7.30. The van der Waals surface area contributed by atoms with Gasteiger partial charge in [-0.1, -0.05) is 24.3 Å². The van der Waals surface area contributed by atoms with E-state index < -0.39 is 46.7 Å². The Balaban J connectivity index is 0.868. The maximum absolute atomic E-state index is 12.7. The molecule has 4 bridgehead atoms. The molecule has 264 valence electrons. The highest BCUT2D eigenvalue weighted by Gasteiger charge is 2.61. The van der Waals surface area contributed by atoms with Crippen LogP contribution in [0.25, 0.3) is 0 Å². The van der Waals surface area contributed by atoms with Gasteiger partial charge in [-0.15, -0.1) is 0 Å². The van der Waals surface area contributed by atoms with Crippen LogP contribution in [0.5, 0.6) is 0 Å². The lowest BCUT2D eigenvalue weighted by Gasteiger charge is -2.19. The number of carbonyl (C=O) groups excluding carboxylic acids is 6. The van der Waals surface area contributed by atoms with E-state index in [2.05, 4.69) is 10.2 Å². The largest absolute Gasteiger partial charge is 0.466 e. The van der Waals surface area contributed by atoms with E-state index in [4.69, 9.17) is 18.9 Å². The highest BCUT2D eigenvalue weighted by Crippen LogP contribution is 2.46. The van der Waals surface area contributed by atoms with Gasteiger partial charge in [-0.25, -0.2) is 0 Å². The van der Waals surface area contributed by atoms with Crippen LogP contribution in [0.1, 0.15) is 52.4 Å². The summed E-state index contributed by atoms with van der Waals surface area (Å²) in [6, 6.07) is 3.99. The standard InChI is InChI=1S/C34H38N6O10/c1-33(17-35,11-9-23(41)47-15-3-13-39-29(43)25-19-5-6-20(49-19)26(25)30(39)44)37-38-34(2,18-36)12-10-24(42)48-16-4-14-40-31(45)27-21-7-8-22(50-21)28(27)32(40)46/h5-8,19-22,25-28H,3-4,9-16H2,1-2H3/t19-,20+,21-,22+,25-,26+,27-,28+,33?,34?. The Morgan fingerprint density at radius 1 is 0.680 bits per heavy atom. The van der Waals surface area contributed by atoms with Crippen LogP contribution in [0, 0.1) is 46.3 Å². The third-order valence-corrected chi connectivity index (χ3v) is 10.2. The number of nitrogens with zero attached hydrogens (tertiary/aromatic N) is 6. The first-order chi connectivity index (χ1) is 23.9. The normalized spacial score (nSPS) is 32.3. The molecule has 2 unspecified atom stereocenters. The molecule has 6 aliphatic heterocycles. The zero-order valence-corrected chi connectivity index (χ0v) is 27.8. The molecule has 6 rings (SSSR count). The predicted octanol–water partition coefficient (Wildman–Crippen LogP) is 1.31. The summed E-state index contributed by atoms with van der Waals surface area (Å²) >= 11 is 0. The third-order valence-electron chi connectivity index (χ3n) is 10.2. The molecule has 6 aliphatic rings. The molecule has 0 radical (unpaired) electrons. The van der Waals surface area contributed by atoms with Crippen molar-refractivity contribution in [2.75, 3.05) is 26.3 Å². The number of ether oxygens (including phenoxy) is 4. The molecule has 4 amide bonds. The number of rotatable bonds is 16. The second-order valence-corrected chi connectivity index (χ2v) is 13.8. The summed E-state index contributed by atoms with van der Waals surface area (Å²) in [6.45, 7) is 3.12. The van der Waals surface area contributed by atoms with E-state index in [1.54, 1.807) is 0 Å². The van der Waals surface area contributed by atoms with Crippen LogP contribution in [0.3, 0.4) is 0 Å². The van der Waals surface area contributed by atoms with Crippen LogP contribution in [0.4, 0.5) is 0 Å². The van der Waals surface area contributed by atoms with Crippen LogP contribution >= 0.6 is 0 Å². The topological polar surface area (TPSA) is 218 Å². The molecule has 10 atom stereocenters. The van der Waals surface area contributed by atoms with Crippen molar-refractivity contribution >= 4 is 35.6 Å². The van der Waals surface area contributed by atoms with Gasteiger partial charge in [-0.05, 0) is 39.5 Å². The van der Waals surface area contributed by atoms with E-state index in [9.17, 15) is 39.3 Å². The summed E-state index contributed by atoms with van der Waals surface area (Å²) in [5.41, 5.74) is -2.91. The number of fused-ring (bicyclic) bond motifs is 10. The van der Waals surface area contributed by atoms with E-state index in [1.807, 2.05) is 36.4 Å². The van der Waals surface area contributed by atoms with Crippen molar-refractivity contribution < 1.29 is 47.7 Å². The fraction of sp³-hybridized carbons (Fsp3) is 0.647. The zero-order valence-electron chi connectivity index (χ0n) is 27.8. The Morgan fingerprint density at radius 2 is 1.00 bits per heavy atom. The highest BCUT2D eigenvalue weighted by molar-refractivity contribution is 6.07. The summed E-state index contributed by atoms with van der Waals surface area (Å²) in [4.78, 5) is 78.0. The molecule has 4 saturated heterocycles. The average molecular weight is 691 g/mol. The van der Waals surface area contributed by atoms with Gasteiger partial charge in [0.05, 0.1) is 73.4 Å². The highest BCUT2D eigenvalue weighted by atomic mass is 16.5. The van der Waals surface area contributed by atoms with Crippen LogP contribution in [0.2, 0.25) is 0 Å². The molecule has 0 aliphatic carbocycles. The van der Waals surface area contributed by atoms with E-state index in [0.717, 1.165) is 0 Å². The van der Waals surface area contributed by atoms with Crippen LogP contribution in [-0.4, -0.2) is 107 Å². The minimum absolute atomic E-state index is 0.0242. The van der Waals surface area contributed by atoms with Gasteiger partial charge in [0.15, 0.2) is 11.1 Å². The molecule has 0 N–H and O–H groups in total. The number of hydrogen-bond acceptors (Lipinski definition) is 14. The third kappa shape index (κ3) is 6.57. The zero-order chi connectivity index (χ0) is 35.8. The summed E-state index contributed by atoms with van der Waals surface area (Å²) < 4.78 is 21.7. The fourth-order valence-corrected chi connectivity index (χ4v) is 7.30. The Morgan fingerprint density at radius 3 is 1.30 bits per heavy atom. The number of hydrogen-bond donors (Lipinski definition) is 0. The minimum Gasteiger partial charge on any atom is -0.466 e. The molecule has 0 spiro atoms. The summed E-state index contributed by atoms with van der Waals surface area (Å²) in [5.74, 6) is -4.24. The van der Waals surface area contributed by atoms with Gasteiger partial charge in [0.2, 0.25) is 23.6 Å². The van der Waals surface area contributed by atoms with E-state index in [-0.39, 0.29) is 113 Å². The number of imide groups is 2. The van der Waals surface area contributed by atoms with Crippen molar-refractivity contribution in [3.8, 4) is 12.1 Å². The quantitative estimate of drug-likeness (QED) is 0.0736. The second kappa shape index (κ2) is 13.8. The van der Waals surface area contributed by atoms with E-state index >= 15 is 0 Å². The first kappa shape index (κ1) is 35.0. The predicted molar refractivity (Wildman–Crippen MR) is 166 cm³/mol. The van der Waals surface area contributed by atoms with Gasteiger partial charge in [0.25, 0.3) is 0 Å². The number of amides is 4. The van der Waals surface area contributed by atoms with Gasteiger partial charge >= 0.3 is 11.9 Å². The SMILES string of the molecule is CC(C#N)(CCC(=O)OCCCN1C(=O)[C@@H]2[C@H](C1=O)[C@H]1C=C[C@@H]2O1)N=NC(C)(C#N)CCC(=O)OCCCN1C(=O)[C@@H]2[C@H](C1=O)[C@H]1C=C[C@@H]2O1. The van der Waals surface area contributed by atoms with E-state index in [0.29, 0.717) is 0 Å². The molecular formula is C34H38N6O10. The van der Waals surface area contributed by atoms with Crippen molar-refractivity contribution in [1.29, 1.82) is 10.5 Å². The van der Waals surface area contributed by atoms with Crippen LogP contribution < -0.4 is 0 Å². The molecule has 6 heterocycles. The Bertz CT molecular complexity index is 1470. The number of azo groups is 1. The van der Waals surface area contributed by atoms with Crippen LogP contribution in [0.15, 0.2) is 34.5 Å². The number of carbonyl (C=O) groups is 6. The number of esters is 2. The monoisotopic (exact) mass is 690 g/mol. The lowest BCUT2D eigenvalue weighted by atomic mass is 9.85. The van der Waals surface area contributed by atoms with Gasteiger partial charge in [0, 0.05) is 25.9 Å². The molecule has 0 saturated carbocycles. The van der Waals surface area contributed by atoms with Gasteiger partial charge in [0.1, 0.15) is 0 Å². The minimum atomic E-state index is -1.45. The number of likely N-dealkylation sites (tertiary alicyclic amines) is 2. The maximum Gasteiger partial charge on any atom is 0.305 e. The molecule has 16 nitrogen and oxygen atoms in total. The van der Waals surface area contributed by atoms with Crippen molar-refractivity contribution in [3.05, 3.63) is 24.3 Å². The van der Waals surface area contributed by atoms with Crippen molar-refractivity contribution in [3.63, 3.8) is 0 Å². The second-order valence-electron chi connectivity index (χ2n) is 13.8. The Hall–Kier alpha value is -4.80. The lowest BCUT2D eigenvalue weighted by molar-refractivity contribution is -0.147. The Labute approximate surface area is 288 Å². The molecular weight excluding hydrogens is 652 g/mol. The molecule has 4 fully saturated rings. The van der Waals surface area contributed by atoms with Crippen LogP contribution in [-0.2, 0) is 47.7 Å². The first-order valence-electron chi connectivity index (χ1n) is 16.8.